The van der Waals surface area contributed by atoms with Gasteiger partial charge in [-0.3, -0.25) is 29.0 Å². The van der Waals surface area contributed by atoms with Gasteiger partial charge in [-0.2, -0.15) is 0 Å². The van der Waals surface area contributed by atoms with Crippen LogP contribution in [0.5, 0.6) is 0 Å². The van der Waals surface area contributed by atoms with Gasteiger partial charge in [-0.05, 0) is 48.3 Å². The summed E-state index contributed by atoms with van der Waals surface area (Å²) in [5.41, 5.74) is 18.4. The topological polar surface area (TPSA) is 238 Å². The van der Waals surface area contributed by atoms with E-state index >= 15 is 0 Å². The van der Waals surface area contributed by atoms with Crippen molar-refractivity contribution in [1.82, 2.24) is 16.0 Å². The van der Waals surface area contributed by atoms with E-state index in [0.717, 1.165) is 11.1 Å². The number of ketones is 2. The number of nitrogens with two attached hydrogens (primary N) is 3. The van der Waals surface area contributed by atoms with Crippen molar-refractivity contribution in [1.29, 1.82) is 0 Å². The summed E-state index contributed by atoms with van der Waals surface area (Å²) in [6.07, 6.45) is -0.318. The number of amides is 4. The molecule has 0 fully saturated rings. The first-order valence-corrected chi connectivity index (χ1v) is 17.9. The largest absolute Gasteiger partial charge is 0.445 e. The van der Waals surface area contributed by atoms with E-state index < -0.39 is 59.4 Å². The van der Waals surface area contributed by atoms with Crippen LogP contribution >= 0.6 is 0 Å². The van der Waals surface area contributed by atoms with Crippen molar-refractivity contribution < 1.29 is 33.5 Å². The van der Waals surface area contributed by atoms with Crippen molar-refractivity contribution >= 4 is 41.3 Å². The summed E-state index contributed by atoms with van der Waals surface area (Å²) < 4.78 is 5.40. The molecular weight excluding hydrogens is 690 g/mol. The van der Waals surface area contributed by atoms with Crippen molar-refractivity contribution in [3.8, 4) is 0 Å². The molecule has 14 nitrogen and oxygen atoms in total. The fourth-order valence-electron chi connectivity index (χ4n) is 5.76. The van der Waals surface area contributed by atoms with Crippen molar-refractivity contribution in [3.63, 3.8) is 0 Å². The highest BCUT2D eigenvalue weighted by Crippen LogP contribution is 2.20. The molecule has 288 valence electrons. The molecule has 0 heterocycles. The van der Waals surface area contributed by atoms with E-state index in [0.29, 0.717) is 12.0 Å². The fourth-order valence-corrected chi connectivity index (χ4v) is 5.76. The van der Waals surface area contributed by atoms with E-state index in [-0.39, 0.29) is 57.1 Å². The van der Waals surface area contributed by atoms with E-state index in [1.165, 1.54) is 0 Å². The second kappa shape index (κ2) is 22.1. The summed E-state index contributed by atoms with van der Waals surface area (Å²) in [6.45, 7) is 3.96. The quantitative estimate of drug-likeness (QED) is 0.0383. The first kappa shape index (κ1) is 42.4. The maximum Gasteiger partial charge on any atom is 0.408 e. The van der Waals surface area contributed by atoms with Crippen LogP contribution in [0.3, 0.4) is 0 Å². The van der Waals surface area contributed by atoms with Gasteiger partial charge in [-0.25, -0.2) is 4.79 Å². The van der Waals surface area contributed by atoms with E-state index in [1.54, 1.807) is 30.3 Å². The Balaban J connectivity index is 1.80. The summed E-state index contributed by atoms with van der Waals surface area (Å²) in [7, 11) is 0. The highest BCUT2D eigenvalue weighted by atomic mass is 16.5. The van der Waals surface area contributed by atoms with E-state index in [4.69, 9.17) is 21.9 Å². The lowest BCUT2D eigenvalue weighted by atomic mass is 9.88. The van der Waals surface area contributed by atoms with Crippen LogP contribution in [0.1, 0.15) is 56.2 Å². The second-order valence-electron chi connectivity index (χ2n) is 13.4. The molecule has 14 heteroatoms. The standard InChI is InChI=1S/C40H51N7O7/c1-26(2)21-30(24-34(48)32(22-27-13-6-3-7-14-27)47-40(53)54-25-29-17-10-5-11-18-29)37(51)46-33(23-28-15-8-4-9-16-28)35(49)38(52)45-31(36(41)50)19-12-20-44-39(42)43/h3-11,13-18,26,30-33H,12,19-25H2,1-2H3,(H2,41,50)(H,45,52)(H,46,51)(H,47,53)(H4,42,43,44)/t30-,31-,32+,33?/m1/s1. The minimum atomic E-state index is -1.34. The summed E-state index contributed by atoms with van der Waals surface area (Å²) in [5, 5.41) is 7.78. The van der Waals surface area contributed by atoms with Crippen LogP contribution in [0.15, 0.2) is 96.0 Å². The number of carbonyl (C=O) groups is 6. The van der Waals surface area contributed by atoms with Crippen LogP contribution in [0.4, 0.5) is 4.79 Å². The normalized spacial score (nSPS) is 13.0. The van der Waals surface area contributed by atoms with Gasteiger partial charge in [0.25, 0.3) is 5.91 Å². The molecule has 54 heavy (non-hydrogen) atoms. The maximum absolute atomic E-state index is 14.0. The van der Waals surface area contributed by atoms with Crippen molar-refractivity contribution in [2.75, 3.05) is 6.54 Å². The minimum absolute atomic E-state index is 0.000139. The molecule has 0 aromatic heterocycles. The lowest BCUT2D eigenvalue weighted by molar-refractivity contribution is -0.142. The van der Waals surface area contributed by atoms with Gasteiger partial charge >= 0.3 is 6.09 Å². The van der Waals surface area contributed by atoms with Crippen molar-refractivity contribution in [2.45, 2.75) is 77.1 Å². The van der Waals surface area contributed by atoms with Gasteiger partial charge in [0.15, 0.2) is 11.7 Å². The van der Waals surface area contributed by atoms with Crippen molar-refractivity contribution in [2.24, 2.45) is 34.0 Å². The molecule has 9 N–H and O–H groups in total. The van der Waals surface area contributed by atoms with Crippen LogP contribution < -0.4 is 33.2 Å². The highest BCUT2D eigenvalue weighted by molar-refractivity contribution is 6.38. The molecule has 0 aliphatic heterocycles. The molecule has 0 radical (unpaired) electrons. The maximum atomic E-state index is 14.0. The molecule has 0 bridgehead atoms. The average molecular weight is 742 g/mol. The first-order valence-electron chi connectivity index (χ1n) is 17.9. The molecular formula is C40H51N7O7. The molecule has 4 amide bonds. The zero-order valence-corrected chi connectivity index (χ0v) is 30.7. The Morgan fingerprint density at radius 3 is 1.74 bits per heavy atom. The lowest BCUT2D eigenvalue weighted by Crippen LogP contribution is -2.54. The van der Waals surface area contributed by atoms with Crippen LogP contribution in [0.25, 0.3) is 0 Å². The Morgan fingerprint density at radius 2 is 1.22 bits per heavy atom. The van der Waals surface area contributed by atoms with Gasteiger partial charge < -0.3 is 37.9 Å². The predicted molar refractivity (Wildman–Crippen MR) is 204 cm³/mol. The van der Waals surface area contributed by atoms with E-state index in [1.807, 2.05) is 74.5 Å². The Bertz CT molecular complexity index is 1720. The number of Topliss-reactive ketones (excluding diaryl/α,β-unsaturated/α-hetero) is 2. The van der Waals surface area contributed by atoms with Crippen molar-refractivity contribution in [3.05, 3.63) is 108 Å². The zero-order chi connectivity index (χ0) is 39.5. The molecule has 3 rings (SSSR count). The summed E-state index contributed by atoms with van der Waals surface area (Å²) in [6, 6.07) is 23.4. The molecule has 0 aliphatic rings. The third kappa shape index (κ3) is 15.3. The van der Waals surface area contributed by atoms with Crippen LogP contribution in [0.2, 0.25) is 0 Å². The number of carbonyl (C=O) groups excluding carboxylic acids is 6. The number of ether oxygens (including phenoxy) is 1. The number of hydrogen-bond acceptors (Lipinski definition) is 8. The number of alkyl carbamates (subject to hydrolysis) is 1. The minimum Gasteiger partial charge on any atom is -0.445 e. The molecule has 3 aromatic carbocycles. The third-order valence-corrected chi connectivity index (χ3v) is 8.48. The van der Waals surface area contributed by atoms with Gasteiger partial charge in [0.1, 0.15) is 18.7 Å². The average Bonchev–Trinajstić information content (AvgIpc) is 3.14. The Morgan fingerprint density at radius 1 is 0.685 bits per heavy atom. The number of rotatable bonds is 22. The van der Waals surface area contributed by atoms with Gasteiger partial charge in [-0.15, -0.1) is 0 Å². The highest BCUT2D eigenvalue weighted by Gasteiger charge is 2.34. The SMILES string of the molecule is CC(C)C[C@H](CC(=O)[C@H](Cc1ccccc1)NC(=O)OCc1ccccc1)C(=O)NC(Cc1ccccc1)C(=O)C(=O)N[C@H](CCCN=C(N)N)C(N)=O. The summed E-state index contributed by atoms with van der Waals surface area (Å²) >= 11 is 0. The smallest absolute Gasteiger partial charge is 0.408 e. The molecule has 0 aliphatic carbocycles. The predicted octanol–water partition coefficient (Wildman–Crippen LogP) is 2.47. The number of primary amides is 1. The number of hydrogen-bond donors (Lipinski definition) is 6. The third-order valence-electron chi connectivity index (χ3n) is 8.48. The van der Waals surface area contributed by atoms with Gasteiger partial charge in [0.05, 0.1) is 6.04 Å². The number of aliphatic imine (C=N–C) groups is 1. The van der Waals surface area contributed by atoms with Gasteiger partial charge in [-0.1, -0.05) is 105 Å². The molecule has 0 saturated carbocycles. The Kier molecular flexibility index (Phi) is 17.4. The van der Waals surface area contributed by atoms with Crippen LogP contribution in [-0.2, 0) is 48.2 Å². The number of benzene rings is 3. The zero-order valence-electron chi connectivity index (χ0n) is 30.7. The Hall–Kier alpha value is -6.05. The number of guanidine groups is 1. The summed E-state index contributed by atoms with van der Waals surface area (Å²) in [5.74, 6) is -5.08. The van der Waals surface area contributed by atoms with E-state index in [9.17, 15) is 28.8 Å². The van der Waals surface area contributed by atoms with Crippen LogP contribution in [0, 0.1) is 11.8 Å². The molecule has 4 atom stereocenters. The van der Waals surface area contributed by atoms with Crippen LogP contribution in [-0.4, -0.2) is 66.0 Å². The number of nitrogens with one attached hydrogen (secondary N) is 3. The lowest BCUT2D eigenvalue weighted by Gasteiger charge is -2.25. The van der Waals surface area contributed by atoms with Gasteiger partial charge in [0, 0.05) is 25.3 Å². The number of nitrogens with zero attached hydrogens (tertiary/aromatic N) is 1. The molecule has 0 spiro atoms. The fraction of sp³-hybridized carbons (Fsp3) is 0.375. The summed E-state index contributed by atoms with van der Waals surface area (Å²) in [4.78, 5) is 83.8. The molecule has 1 unspecified atom stereocenters. The molecule has 3 aromatic rings. The van der Waals surface area contributed by atoms with E-state index in [2.05, 4.69) is 20.9 Å². The second-order valence-corrected chi connectivity index (χ2v) is 13.4. The van der Waals surface area contributed by atoms with Gasteiger partial charge in [0.2, 0.25) is 17.6 Å². The first-order chi connectivity index (χ1) is 25.8. The molecule has 0 saturated heterocycles. The Labute approximate surface area is 315 Å². The monoisotopic (exact) mass is 741 g/mol.